The summed E-state index contributed by atoms with van der Waals surface area (Å²) in [7, 11) is 0. The number of pyridine rings is 1. The Hall–Kier alpha value is -3.50. The number of nitriles is 1. The number of rotatable bonds is 4. The quantitative estimate of drug-likeness (QED) is 0.641. The molecule has 1 saturated carbocycles. The number of halogens is 1. The summed E-state index contributed by atoms with van der Waals surface area (Å²) < 4.78 is 14.2. The molecule has 5 rings (SSSR count). The Kier molecular flexibility index (Phi) is 5.47. The number of hydrogen-bond donors (Lipinski definition) is 2. The van der Waals surface area contributed by atoms with Gasteiger partial charge in [-0.05, 0) is 49.4 Å². The molecule has 168 valence electrons. The van der Waals surface area contributed by atoms with Gasteiger partial charge >= 0.3 is 0 Å². The molecule has 0 radical (unpaired) electrons. The van der Waals surface area contributed by atoms with E-state index in [1.165, 1.54) is 12.1 Å². The minimum Gasteiger partial charge on any atom is -0.393 e. The van der Waals surface area contributed by atoms with Crippen LogP contribution in [0.15, 0.2) is 54.7 Å². The lowest BCUT2D eigenvalue weighted by atomic mass is 9.74. The monoisotopic (exact) mass is 444 g/mol. The number of hydrogen-bond acceptors (Lipinski definition) is 5. The van der Waals surface area contributed by atoms with E-state index in [4.69, 9.17) is 0 Å². The van der Waals surface area contributed by atoms with Crippen LogP contribution >= 0.6 is 0 Å². The van der Waals surface area contributed by atoms with Gasteiger partial charge in [0.05, 0.1) is 34.4 Å². The van der Waals surface area contributed by atoms with Crippen molar-refractivity contribution in [2.75, 3.05) is 18.0 Å². The fourth-order valence-corrected chi connectivity index (χ4v) is 4.96. The van der Waals surface area contributed by atoms with E-state index in [-0.39, 0.29) is 18.1 Å². The third kappa shape index (κ3) is 3.91. The lowest BCUT2D eigenvalue weighted by molar-refractivity contribution is 0.0563. The Morgan fingerprint density at radius 1 is 1.18 bits per heavy atom. The third-order valence-corrected chi connectivity index (χ3v) is 6.97. The summed E-state index contributed by atoms with van der Waals surface area (Å²) in [4.78, 5) is 19.6. The molecule has 1 aliphatic heterocycles. The first-order chi connectivity index (χ1) is 16.0. The fourth-order valence-electron chi connectivity index (χ4n) is 4.96. The number of aromatic nitrogens is 1. The third-order valence-electron chi connectivity index (χ3n) is 6.97. The van der Waals surface area contributed by atoms with Crippen molar-refractivity contribution in [2.45, 2.75) is 43.2 Å². The van der Waals surface area contributed by atoms with Crippen LogP contribution in [-0.2, 0) is 5.41 Å². The first-order valence-corrected chi connectivity index (χ1v) is 11.3. The van der Waals surface area contributed by atoms with E-state index >= 15 is 0 Å². The van der Waals surface area contributed by atoms with Crippen LogP contribution < -0.4 is 10.2 Å². The van der Waals surface area contributed by atoms with E-state index < -0.39 is 11.2 Å². The van der Waals surface area contributed by atoms with E-state index in [9.17, 15) is 19.6 Å². The van der Waals surface area contributed by atoms with Gasteiger partial charge in [-0.3, -0.25) is 9.78 Å². The molecular formula is C26H25FN4O2. The minimum absolute atomic E-state index is 0.0748. The number of nitrogens with zero attached hydrogens (tertiary/aromatic N) is 3. The summed E-state index contributed by atoms with van der Waals surface area (Å²) in [5, 5.41) is 23.2. The normalized spacial score (nSPS) is 21.8. The van der Waals surface area contributed by atoms with Crippen LogP contribution in [0.5, 0.6) is 0 Å². The average molecular weight is 445 g/mol. The first-order valence-electron chi connectivity index (χ1n) is 11.3. The smallest absolute Gasteiger partial charge is 0.255 e. The zero-order valence-electron chi connectivity index (χ0n) is 18.2. The van der Waals surface area contributed by atoms with Crippen molar-refractivity contribution in [3.05, 3.63) is 71.7 Å². The Morgan fingerprint density at radius 2 is 1.91 bits per heavy atom. The predicted octanol–water partition coefficient (Wildman–Crippen LogP) is 3.69. The SMILES string of the molecule is N#CC1(c2ccccc2)CCN(c2c(C(=O)N[C@H]3C[C@H](O)C3)cnc3ccc(F)cc23)CC1. The number of nitrogens with one attached hydrogen (secondary N) is 1. The zero-order chi connectivity index (χ0) is 23.0. The van der Waals surface area contributed by atoms with Gasteiger partial charge in [0.1, 0.15) is 5.82 Å². The number of aliphatic hydroxyl groups excluding tert-OH is 1. The molecule has 7 heteroatoms. The summed E-state index contributed by atoms with van der Waals surface area (Å²) >= 11 is 0. The van der Waals surface area contributed by atoms with Gasteiger partial charge in [-0.2, -0.15) is 5.26 Å². The summed E-state index contributed by atoms with van der Waals surface area (Å²) in [6.07, 6.45) is 3.43. The van der Waals surface area contributed by atoms with Crippen LogP contribution in [0.3, 0.4) is 0 Å². The molecule has 0 bridgehead atoms. The molecule has 2 heterocycles. The molecular weight excluding hydrogens is 419 g/mol. The minimum atomic E-state index is -0.587. The molecule has 2 aromatic carbocycles. The molecule has 0 spiro atoms. The van der Waals surface area contributed by atoms with Crippen molar-refractivity contribution in [1.29, 1.82) is 5.26 Å². The van der Waals surface area contributed by atoms with E-state index in [0.29, 0.717) is 60.9 Å². The van der Waals surface area contributed by atoms with Crippen LogP contribution in [-0.4, -0.2) is 41.2 Å². The number of carbonyl (C=O) groups is 1. The molecule has 6 nitrogen and oxygen atoms in total. The van der Waals surface area contributed by atoms with E-state index in [1.54, 1.807) is 12.3 Å². The standard InChI is InChI=1S/C26H25FN4O2/c27-18-6-7-23-21(12-18)24(22(15-29-23)25(33)30-19-13-20(32)14-19)31-10-8-26(16-28,9-11-31)17-4-2-1-3-5-17/h1-7,12,15,19-20,32H,8-11,13-14H2,(H,30,33)/t19-,20-. The summed E-state index contributed by atoms with van der Waals surface area (Å²) in [6.45, 7) is 1.11. The molecule has 2 aliphatic rings. The van der Waals surface area contributed by atoms with Gasteiger partial charge in [0, 0.05) is 30.7 Å². The second-order valence-corrected chi connectivity index (χ2v) is 9.02. The second kappa shape index (κ2) is 8.45. The van der Waals surface area contributed by atoms with Crippen molar-refractivity contribution in [1.82, 2.24) is 10.3 Å². The fraction of sp³-hybridized carbons (Fsp3) is 0.346. The van der Waals surface area contributed by atoms with E-state index in [1.807, 2.05) is 30.3 Å². The van der Waals surface area contributed by atoms with Gasteiger partial charge in [-0.15, -0.1) is 0 Å². The summed E-state index contributed by atoms with van der Waals surface area (Å²) in [6, 6.07) is 16.7. The highest BCUT2D eigenvalue weighted by atomic mass is 19.1. The van der Waals surface area contributed by atoms with Crippen molar-refractivity contribution in [3.8, 4) is 6.07 Å². The number of benzene rings is 2. The average Bonchev–Trinajstić information content (AvgIpc) is 2.83. The number of piperidine rings is 1. The zero-order valence-corrected chi connectivity index (χ0v) is 18.2. The van der Waals surface area contributed by atoms with Crippen LogP contribution in [0.25, 0.3) is 10.9 Å². The number of anilines is 1. The molecule has 2 fully saturated rings. The maximum atomic E-state index is 14.2. The number of fused-ring (bicyclic) bond motifs is 1. The molecule has 1 saturated heterocycles. The van der Waals surface area contributed by atoms with Gasteiger partial charge in [0.25, 0.3) is 5.91 Å². The van der Waals surface area contributed by atoms with Crippen LogP contribution in [0.1, 0.15) is 41.6 Å². The van der Waals surface area contributed by atoms with E-state index in [2.05, 4.69) is 21.3 Å². The largest absolute Gasteiger partial charge is 0.393 e. The van der Waals surface area contributed by atoms with Gasteiger partial charge in [0.2, 0.25) is 0 Å². The topological polar surface area (TPSA) is 89.2 Å². The first kappa shape index (κ1) is 21.4. The van der Waals surface area contributed by atoms with Gasteiger partial charge < -0.3 is 15.3 Å². The second-order valence-electron chi connectivity index (χ2n) is 9.02. The van der Waals surface area contributed by atoms with E-state index in [0.717, 1.165) is 5.56 Å². The molecule has 1 amide bonds. The Morgan fingerprint density at radius 3 is 2.58 bits per heavy atom. The highest BCUT2D eigenvalue weighted by Crippen LogP contribution is 2.39. The Labute approximate surface area is 191 Å². The van der Waals surface area contributed by atoms with Crippen LogP contribution in [0, 0.1) is 17.1 Å². The van der Waals surface area contributed by atoms with Crippen LogP contribution in [0.2, 0.25) is 0 Å². The molecule has 0 atom stereocenters. The molecule has 2 N–H and O–H groups in total. The maximum Gasteiger partial charge on any atom is 0.255 e. The number of amides is 1. The number of carbonyl (C=O) groups excluding carboxylic acids is 1. The number of aliphatic hydroxyl groups is 1. The summed E-state index contributed by atoms with van der Waals surface area (Å²) in [5.74, 6) is -0.668. The predicted molar refractivity (Wildman–Crippen MR) is 123 cm³/mol. The molecule has 1 aromatic heterocycles. The van der Waals surface area contributed by atoms with Crippen molar-refractivity contribution in [3.63, 3.8) is 0 Å². The lowest BCUT2D eigenvalue weighted by Gasteiger charge is -2.40. The summed E-state index contributed by atoms with van der Waals surface area (Å²) in [5.41, 5.74) is 2.06. The van der Waals surface area contributed by atoms with Crippen LogP contribution in [0.4, 0.5) is 10.1 Å². The van der Waals surface area contributed by atoms with Crippen molar-refractivity contribution >= 4 is 22.5 Å². The highest BCUT2D eigenvalue weighted by molar-refractivity contribution is 6.07. The van der Waals surface area contributed by atoms with Gasteiger partial charge in [0.15, 0.2) is 0 Å². The Balaban J connectivity index is 1.49. The van der Waals surface area contributed by atoms with Gasteiger partial charge in [-0.1, -0.05) is 30.3 Å². The lowest BCUT2D eigenvalue weighted by Crippen LogP contribution is -2.47. The Bertz CT molecular complexity index is 1230. The molecule has 3 aromatic rings. The molecule has 1 aliphatic carbocycles. The molecule has 33 heavy (non-hydrogen) atoms. The van der Waals surface area contributed by atoms with Crippen molar-refractivity contribution in [2.24, 2.45) is 0 Å². The molecule has 0 unspecified atom stereocenters. The van der Waals surface area contributed by atoms with Crippen molar-refractivity contribution < 1.29 is 14.3 Å². The maximum absolute atomic E-state index is 14.2. The highest BCUT2D eigenvalue weighted by Gasteiger charge is 2.38. The van der Waals surface area contributed by atoms with Gasteiger partial charge in [-0.25, -0.2) is 4.39 Å².